The molecule has 23 heavy (non-hydrogen) atoms. The van der Waals surface area contributed by atoms with Gasteiger partial charge < -0.3 is 24.1 Å². The quantitative estimate of drug-likeness (QED) is 0.745. The van der Waals surface area contributed by atoms with Crippen LogP contribution in [0.25, 0.3) is 0 Å². The third-order valence-corrected chi connectivity index (χ3v) is 4.58. The molecule has 3 rings (SSSR count). The monoisotopic (exact) mass is 322 g/mol. The van der Waals surface area contributed by atoms with Crippen molar-refractivity contribution in [2.45, 2.75) is 50.1 Å². The Kier molecular flexibility index (Phi) is 5.89. The second kappa shape index (κ2) is 8.11. The van der Waals surface area contributed by atoms with Gasteiger partial charge in [0.05, 0.1) is 31.5 Å². The number of hydrogen-bond donors (Lipinski definition) is 1. The van der Waals surface area contributed by atoms with Crippen LogP contribution in [-0.4, -0.2) is 50.3 Å². The van der Waals surface area contributed by atoms with Gasteiger partial charge in [-0.05, 0) is 31.7 Å². The number of aliphatic hydroxyl groups excluding tert-OH is 1. The largest absolute Gasteiger partial charge is 0.491 e. The maximum absolute atomic E-state index is 9.82. The highest BCUT2D eigenvalue weighted by Crippen LogP contribution is 2.37. The fourth-order valence-electron chi connectivity index (χ4n) is 3.48. The van der Waals surface area contributed by atoms with Crippen LogP contribution in [0.15, 0.2) is 24.3 Å². The predicted molar refractivity (Wildman–Crippen MR) is 85.6 cm³/mol. The zero-order valence-electron chi connectivity index (χ0n) is 13.6. The van der Waals surface area contributed by atoms with Gasteiger partial charge in [-0.1, -0.05) is 18.2 Å². The summed E-state index contributed by atoms with van der Waals surface area (Å²) in [7, 11) is 1.65. The number of rotatable bonds is 8. The molecule has 0 aromatic heterocycles. The molecule has 4 atom stereocenters. The molecule has 0 radical (unpaired) electrons. The molecule has 2 saturated heterocycles. The molecule has 2 fully saturated rings. The molecule has 2 heterocycles. The fourth-order valence-corrected chi connectivity index (χ4v) is 3.48. The van der Waals surface area contributed by atoms with Crippen molar-refractivity contribution in [1.29, 1.82) is 0 Å². The van der Waals surface area contributed by atoms with Gasteiger partial charge in [0.2, 0.25) is 0 Å². The Morgan fingerprint density at radius 1 is 1.17 bits per heavy atom. The van der Waals surface area contributed by atoms with Crippen molar-refractivity contribution in [3.05, 3.63) is 29.8 Å². The molecule has 1 aromatic carbocycles. The van der Waals surface area contributed by atoms with Crippen LogP contribution < -0.4 is 4.74 Å². The second-order valence-electron chi connectivity index (χ2n) is 6.24. The third kappa shape index (κ3) is 4.23. The van der Waals surface area contributed by atoms with Crippen LogP contribution in [0.5, 0.6) is 5.75 Å². The van der Waals surface area contributed by atoms with Gasteiger partial charge in [-0.25, -0.2) is 0 Å². The van der Waals surface area contributed by atoms with Gasteiger partial charge in [0.15, 0.2) is 0 Å². The molecule has 1 aromatic rings. The summed E-state index contributed by atoms with van der Waals surface area (Å²) >= 11 is 0. The van der Waals surface area contributed by atoms with Gasteiger partial charge in [0.25, 0.3) is 0 Å². The normalized spacial score (nSPS) is 27.8. The first-order valence-electron chi connectivity index (χ1n) is 8.42. The first kappa shape index (κ1) is 16.7. The van der Waals surface area contributed by atoms with Crippen molar-refractivity contribution in [2.24, 2.45) is 0 Å². The lowest BCUT2D eigenvalue weighted by molar-refractivity contribution is -0.115. The van der Waals surface area contributed by atoms with Crippen molar-refractivity contribution in [2.75, 3.05) is 26.9 Å². The number of benzene rings is 1. The van der Waals surface area contributed by atoms with Crippen molar-refractivity contribution in [3.63, 3.8) is 0 Å². The highest BCUT2D eigenvalue weighted by atomic mass is 16.5. The second-order valence-corrected chi connectivity index (χ2v) is 6.24. The first-order valence-corrected chi connectivity index (χ1v) is 8.42. The van der Waals surface area contributed by atoms with Crippen LogP contribution in [0, 0.1) is 0 Å². The molecule has 0 spiro atoms. The Labute approximate surface area is 137 Å². The van der Waals surface area contributed by atoms with Crippen LogP contribution in [0.1, 0.15) is 37.4 Å². The minimum absolute atomic E-state index is 0.0582. The Hall–Kier alpha value is -1.14. The topological polar surface area (TPSA) is 57.2 Å². The average Bonchev–Trinajstić information content (AvgIpc) is 2.92. The lowest BCUT2D eigenvalue weighted by Gasteiger charge is -2.31. The summed E-state index contributed by atoms with van der Waals surface area (Å²) in [4.78, 5) is 0. The lowest BCUT2D eigenvalue weighted by Crippen LogP contribution is -2.32. The summed E-state index contributed by atoms with van der Waals surface area (Å²) in [6.07, 6.45) is 4.52. The molecule has 128 valence electrons. The van der Waals surface area contributed by atoms with E-state index in [2.05, 4.69) is 0 Å². The SMILES string of the molecule is COCCOc1ccccc1[C@H](CO)OC1C[C@H]2CC[C@@H](C1)O2. The van der Waals surface area contributed by atoms with Gasteiger partial charge in [-0.2, -0.15) is 0 Å². The van der Waals surface area contributed by atoms with Gasteiger partial charge in [-0.3, -0.25) is 0 Å². The summed E-state index contributed by atoms with van der Waals surface area (Å²) in [5.41, 5.74) is 0.893. The van der Waals surface area contributed by atoms with E-state index in [0.29, 0.717) is 25.4 Å². The maximum Gasteiger partial charge on any atom is 0.125 e. The predicted octanol–water partition coefficient (Wildman–Crippen LogP) is 2.47. The highest BCUT2D eigenvalue weighted by molar-refractivity contribution is 5.35. The van der Waals surface area contributed by atoms with Crippen LogP contribution in [0.2, 0.25) is 0 Å². The van der Waals surface area contributed by atoms with Crippen LogP contribution in [0.4, 0.5) is 0 Å². The number of ether oxygens (including phenoxy) is 4. The van der Waals surface area contributed by atoms with E-state index >= 15 is 0 Å². The van der Waals surface area contributed by atoms with E-state index in [1.54, 1.807) is 7.11 Å². The minimum Gasteiger partial charge on any atom is -0.491 e. The summed E-state index contributed by atoms with van der Waals surface area (Å²) < 4.78 is 22.9. The van der Waals surface area contributed by atoms with E-state index in [0.717, 1.165) is 37.0 Å². The molecule has 1 unspecified atom stereocenters. The van der Waals surface area contributed by atoms with Crippen molar-refractivity contribution in [1.82, 2.24) is 0 Å². The van der Waals surface area contributed by atoms with E-state index in [1.165, 1.54) is 0 Å². The zero-order chi connectivity index (χ0) is 16.1. The summed E-state index contributed by atoms with van der Waals surface area (Å²) in [5.74, 6) is 0.749. The summed E-state index contributed by atoms with van der Waals surface area (Å²) in [5, 5.41) is 9.82. The van der Waals surface area contributed by atoms with Gasteiger partial charge in [-0.15, -0.1) is 0 Å². The average molecular weight is 322 g/mol. The Morgan fingerprint density at radius 2 is 1.91 bits per heavy atom. The third-order valence-electron chi connectivity index (χ3n) is 4.58. The molecule has 0 amide bonds. The number of aliphatic hydroxyl groups is 1. The van der Waals surface area contributed by atoms with Crippen molar-refractivity contribution >= 4 is 0 Å². The van der Waals surface area contributed by atoms with Crippen molar-refractivity contribution in [3.8, 4) is 5.75 Å². The molecule has 1 N–H and O–H groups in total. The van der Waals surface area contributed by atoms with Gasteiger partial charge >= 0.3 is 0 Å². The molecule has 5 nitrogen and oxygen atoms in total. The molecule has 2 aliphatic rings. The number of hydrogen-bond acceptors (Lipinski definition) is 5. The molecule has 2 bridgehead atoms. The van der Waals surface area contributed by atoms with E-state index in [1.807, 2.05) is 24.3 Å². The van der Waals surface area contributed by atoms with E-state index in [-0.39, 0.29) is 18.8 Å². The number of methoxy groups -OCH3 is 1. The number of fused-ring (bicyclic) bond motifs is 2. The van der Waals surface area contributed by atoms with E-state index in [4.69, 9.17) is 18.9 Å². The smallest absolute Gasteiger partial charge is 0.125 e. The van der Waals surface area contributed by atoms with Crippen LogP contribution >= 0.6 is 0 Å². The highest BCUT2D eigenvalue weighted by Gasteiger charge is 2.36. The summed E-state index contributed by atoms with van der Waals surface area (Å²) in [6.45, 7) is 0.951. The standard InChI is InChI=1S/C18H26O5/c1-20-8-9-21-17-5-3-2-4-16(17)18(12-19)23-15-10-13-6-7-14(11-15)22-13/h2-5,13-15,18-19H,6-12H2,1H3/t13-,14+,15?,18-/m0/s1. The molecule has 0 saturated carbocycles. The fraction of sp³-hybridized carbons (Fsp3) is 0.667. The molecule has 5 heteroatoms. The first-order chi connectivity index (χ1) is 11.3. The molecule has 2 aliphatic heterocycles. The molecular formula is C18H26O5. The van der Waals surface area contributed by atoms with Crippen LogP contribution in [-0.2, 0) is 14.2 Å². The summed E-state index contributed by atoms with van der Waals surface area (Å²) in [6, 6.07) is 7.73. The van der Waals surface area contributed by atoms with Crippen molar-refractivity contribution < 1.29 is 24.1 Å². The Bertz CT molecular complexity index is 480. The van der Waals surface area contributed by atoms with E-state index in [9.17, 15) is 5.11 Å². The molecule has 0 aliphatic carbocycles. The molecular weight excluding hydrogens is 296 g/mol. The maximum atomic E-state index is 9.82. The zero-order valence-corrected chi connectivity index (χ0v) is 13.6. The minimum atomic E-state index is -0.365. The lowest BCUT2D eigenvalue weighted by atomic mass is 10.0. The Balaban J connectivity index is 1.65. The van der Waals surface area contributed by atoms with Gasteiger partial charge in [0.1, 0.15) is 18.5 Å². The van der Waals surface area contributed by atoms with Gasteiger partial charge in [0, 0.05) is 12.7 Å². The van der Waals surface area contributed by atoms with Crippen LogP contribution in [0.3, 0.4) is 0 Å². The Morgan fingerprint density at radius 3 is 2.61 bits per heavy atom. The van der Waals surface area contributed by atoms with E-state index < -0.39 is 0 Å². The number of para-hydroxylation sites is 1.